The monoisotopic (exact) mass is 212 g/mol. The highest BCUT2D eigenvalue weighted by Gasteiger charge is 2.15. The van der Waals surface area contributed by atoms with Crippen LogP contribution in [0.1, 0.15) is 31.6 Å². The van der Waals surface area contributed by atoms with Crippen molar-refractivity contribution >= 4 is 5.95 Å². The Morgan fingerprint density at radius 1 is 1.27 bits per heavy atom. The standard InChI is InChI=1S/C9H16N4O2/c10-14-7-8-11-9(12-15-8)13-5-3-1-2-4-6-13/h1-7,10H2. The van der Waals surface area contributed by atoms with Crippen LogP contribution in [-0.4, -0.2) is 23.2 Å². The van der Waals surface area contributed by atoms with E-state index in [-0.39, 0.29) is 6.61 Å². The van der Waals surface area contributed by atoms with Crippen LogP contribution in [0.15, 0.2) is 4.52 Å². The molecule has 1 fully saturated rings. The predicted octanol–water partition coefficient (Wildman–Crippen LogP) is 0.840. The van der Waals surface area contributed by atoms with E-state index in [1.807, 2.05) is 0 Å². The van der Waals surface area contributed by atoms with Crippen molar-refractivity contribution in [3.63, 3.8) is 0 Å². The largest absolute Gasteiger partial charge is 0.338 e. The van der Waals surface area contributed by atoms with Gasteiger partial charge in [0, 0.05) is 13.1 Å². The zero-order valence-electron chi connectivity index (χ0n) is 8.69. The van der Waals surface area contributed by atoms with Gasteiger partial charge in [-0.05, 0) is 18.0 Å². The molecule has 6 heteroatoms. The molecule has 0 amide bonds. The van der Waals surface area contributed by atoms with Crippen LogP contribution in [0.25, 0.3) is 0 Å². The molecule has 84 valence electrons. The Balaban J connectivity index is 2.00. The Morgan fingerprint density at radius 2 is 2.00 bits per heavy atom. The van der Waals surface area contributed by atoms with Crippen molar-refractivity contribution in [2.45, 2.75) is 32.3 Å². The van der Waals surface area contributed by atoms with E-state index in [1.165, 1.54) is 25.7 Å². The number of nitrogens with two attached hydrogens (primary N) is 1. The lowest BCUT2D eigenvalue weighted by Crippen LogP contribution is -2.25. The summed E-state index contributed by atoms with van der Waals surface area (Å²) in [6, 6.07) is 0. The molecule has 2 heterocycles. The van der Waals surface area contributed by atoms with Crippen LogP contribution in [0.3, 0.4) is 0 Å². The number of hydrogen-bond acceptors (Lipinski definition) is 6. The first-order chi connectivity index (χ1) is 7.40. The third kappa shape index (κ3) is 2.66. The number of hydrogen-bond donors (Lipinski definition) is 1. The van der Waals surface area contributed by atoms with Gasteiger partial charge >= 0.3 is 0 Å². The molecule has 1 saturated heterocycles. The molecule has 2 rings (SSSR count). The molecule has 0 spiro atoms. The van der Waals surface area contributed by atoms with Gasteiger partial charge in [0.1, 0.15) is 6.61 Å². The van der Waals surface area contributed by atoms with Crippen molar-refractivity contribution in [1.82, 2.24) is 10.1 Å². The zero-order chi connectivity index (χ0) is 10.5. The smallest absolute Gasteiger partial charge is 0.266 e. The summed E-state index contributed by atoms with van der Waals surface area (Å²) >= 11 is 0. The molecule has 0 saturated carbocycles. The van der Waals surface area contributed by atoms with Crippen molar-refractivity contribution in [2.24, 2.45) is 5.90 Å². The third-order valence-electron chi connectivity index (χ3n) is 2.55. The highest BCUT2D eigenvalue weighted by atomic mass is 16.6. The molecule has 0 radical (unpaired) electrons. The van der Waals surface area contributed by atoms with Gasteiger partial charge in [0.15, 0.2) is 0 Å². The summed E-state index contributed by atoms with van der Waals surface area (Å²) in [4.78, 5) is 10.8. The first kappa shape index (κ1) is 10.4. The molecule has 1 aromatic rings. The highest BCUT2D eigenvalue weighted by Crippen LogP contribution is 2.16. The van der Waals surface area contributed by atoms with Crippen molar-refractivity contribution < 1.29 is 9.36 Å². The first-order valence-corrected chi connectivity index (χ1v) is 5.29. The maximum Gasteiger partial charge on any atom is 0.266 e. The highest BCUT2D eigenvalue weighted by molar-refractivity contribution is 5.27. The van der Waals surface area contributed by atoms with Crippen molar-refractivity contribution in [1.29, 1.82) is 0 Å². The number of aromatic nitrogens is 2. The van der Waals surface area contributed by atoms with E-state index in [0.717, 1.165) is 13.1 Å². The predicted molar refractivity (Wildman–Crippen MR) is 54.0 cm³/mol. The fraction of sp³-hybridized carbons (Fsp3) is 0.778. The Labute approximate surface area is 88.3 Å². The molecule has 15 heavy (non-hydrogen) atoms. The van der Waals surface area contributed by atoms with Crippen LogP contribution in [0.4, 0.5) is 5.95 Å². The maximum absolute atomic E-state index is 4.99. The minimum Gasteiger partial charge on any atom is -0.338 e. The second kappa shape index (κ2) is 5.09. The van der Waals surface area contributed by atoms with Gasteiger partial charge in [-0.2, -0.15) is 4.98 Å². The summed E-state index contributed by atoms with van der Waals surface area (Å²) < 4.78 is 4.99. The van der Waals surface area contributed by atoms with Gasteiger partial charge in [-0.1, -0.05) is 12.8 Å². The lowest BCUT2D eigenvalue weighted by atomic mass is 10.2. The SMILES string of the molecule is NOCc1nc(N2CCCCCC2)no1. The second-order valence-electron chi connectivity index (χ2n) is 3.70. The van der Waals surface area contributed by atoms with Gasteiger partial charge in [0.25, 0.3) is 11.8 Å². The number of anilines is 1. The molecular formula is C9H16N4O2. The lowest BCUT2D eigenvalue weighted by Gasteiger charge is -2.16. The summed E-state index contributed by atoms with van der Waals surface area (Å²) in [5.74, 6) is 6.02. The van der Waals surface area contributed by atoms with Gasteiger partial charge in [-0.3, -0.25) is 4.84 Å². The zero-order valence-corrected chi connectivity index (χ0v) is 8.69. The van der Waals surface area contributed by atoms with Gasteiger partial charge in [-0.25, -0.2) is 5.90 Å². The molecule has 1 aliphatic rings. The van der Waals surface area contributed by atoms with Crippen molar-refractivity contribution in [3.8, 4) is 0 Å². The van der Waals surface area contributed by atoms with Crippen LogP contribution in [-0.2, 0) is 11.4 Å². The summed E-state index contributed by atoms with van der Waals surface area (Å²) in [6.07, 6.45) is 4.95. The van der Waals surface area contributed by atoms with Crippen LogP contribution in [0, 0.1) is 0 Å². The average molecular weight is 212 g/mol. The molecule has 0 unspecified atom stereocenters. The second-order valence-corrected chi connectivity index (χ2v) is 3.70. The van der Waals surface area contributed by atoms with Crippen LogP contribution >= 0.6 is 0 Å². The molecule has 6 nitrogen and oxygen atoms in total. The molecular weight excluding hydrogens is 196 g/mol. The fourth-order valence-corrected chi connectivity index (χ4v) is 1.77. The van der Waals surface area contributed by atoms with Crippen LogP contribution in [0.2, 0.25) is 0 Å². The normalized spacial score (nSPS) is 17.8. The molecule has 0 aliphatic carbocycles. The van der Waals surface area contributed by atoms with E-state index in [2.05, 4.69) is 19.9 Å². The Hall–Kier alpha value is -1.14. The Bertz CT molecular complexity index is 294. The quantitative estimate of drug-likeness (QED) is 0.748. The van der Waals surface area contributed by atoms with Crippen LogP contribution in [0.5, 0.6) is 0 Å². The molecule has 0 bridgehead atoms. The summed E-state index contributed by atoms with van der Waals surface area (Å²) in [5.41, 5.74) is 0. The van der Waals surface area contributed by atoms with Gasteiger partial charge in [0.05, 0.1) is 0 Å². The van der Waals surface area contributed by atoms with E-state index < -0.39 is 0 Å². The topological polar surface area (TPSA) is 77.4 Å². The van der Waals surface area contributed by atoms with Gasteiger partial charge in [0.2, 0.25) is 0 Å². The minimum absolute atomic E-state index is 0.167. The van der Waals surface area contributed by atoms with E-state index in [1.54, 1.807) is 0 Å². The molecule has 0 atom stereocenters. The van der Waals surface area contributed by atoms with Gasteiger partial charge in [-0.15, -0.1) is 0 Å². The van der Waals surface area contributed by atoms with Crippen LogP contribution < -0.4 is 10.8 Å². The average Bonchev–Trinajstić information content (AvgIpc) is 2.53. The number of nitrogens with zero attached hydrogens (tertiary/aromatic N) is 3. The Morgan fingerprint density at radius 3 is 2.67 bits per heavy atom. The van der Waals surface area contributed by atoms with E-state index in [0.29, 0.717) is 11.8 Å². The Kier molecular flexibility index (Phi) is 3.52. The molecule has 2 N–H and O–H groups in total. The molecule has 0 aromatic carbocycles. The lowest BCUT2D eigenvalue weighted by molar-refractivity contribution is 0.0995. The third-order valence-corrected chi connectivity index (χ3v) is 2.55. The first-order valence-electron chi connectivity index (χ1n) is 5.29. The van der Waals surface area contributed by atoms with Crippen molar-refractivity contribution in [2.75, 3.05) is 18.0 Å². The summed E-state index contributed by atoms with van der Waals surface area (Å²) in [6.45, 7) is 2.17. The van der Waals surface area contributed by atoms with E-state index >= 15 is 0 Å². The number of rotatable bonds is 3. The maximum atomic E-state index is 4.99. The molecule has 1 aromatic heterocycles. The summed E-state index contributed by atoms with van der Waals surface area (Å²) in [7, 11) is 0. The summed E-state index contributed by atoms with van der Waals surface area (Å²) in [5, 5.41) is 3.90. The minimum atomic E-state index is 0.167. The van der Waals surface area contributed by atoms with Crippen molar-refractivity contribution in [3.05, 3.63) is 5.89 Å². The van der Waals surface area contributed by atoms with Gasteiger partial charge < -0.3 is 9.42 Å². The van der Waals surface area contributed by atoms with E-state index in [4.69, 9.17) is 10.4 Å². The fourth-order valence-electron chi connectivity index (χ4n) is 1.77. The molecule has 1 aliphatic heterocycles. The van der Waals surface area contributed by atoms with E-state index in [9.17, 15) is 0 Å².